The van der Waals surface area contributed by atoms with E-state index in [1.54, 1.807) is 13.0 Å². The summed E-state index contributed by atoms with van der Waals surface area (Å²) in [6, 6.07) is 4.25. The molecule has 2 rings (SSSR count). The third kappa shape index (κ3) is 4.88. The number of nitro groups is 1. The van der Waals surface area contributed by atoms with Gasteiger partial charge in [-0.2, -0.15) is 0 Å². The van der Waals surface area contributed by atoms with Crippen LogP contribution < -0.4 is 9.47 Å². The Balaban J connectivity index is 2.03. The highest BCUT2D eigenvalue weighted by atomic mass is 32.2. The van der Waals surface area contributed by atoms with Crippen molar-refractivity contribution in [2.45, 2.75) is 6.92 Å². The van der Waals surface area contributed by atoms with Gasteiger partial charge in [-0.25, -0.2) is 4.79 Å². The van der Waals surface area contributed by atoms with Gasteiger partial charge in [0.15, 0.2) is 5.75 Å². The van der Waals surface area contributed by atoms with Crippen molar-refractivity contribution < 1.29 is 28.7 Å². The number of carbonyl (C=O) groups excluding carboxylic acids is 2. The molecule has 0 atom stereocenters. The van der Waals surface area contributed by atoms with Gasteiger partial charge < -0.3 is 19.1 Å². The van der Waals surface area contributed by atoms with Crippen LogP contribution in [0.25, 0.3) is 0 Å². The van der Waals surface area contributed by atoms with E-state index in [0.717, 1.165) is 0 Å². The summed E-state index contributed by atoms with van der Waals surface area (Å²) in [7, 11) is 1.41. The van der Waals surface area contributed by atoms with E-state index in [-0.39, 0.29) is 42.9 Å². The first-order valence-electron chi connectivity index (χ1n) is 7.73. The number of hydrogen-bond donors (Lipinski definition) is 0. The number of hydrogen-bond acceptors (Lipinski definition) is 8. The van der Waals surface area contributed by atoms with Crippen molar-refractivity contribution in [3.05, 3.63) is 39.4 Å². The molecule has 1 aromatic carbocycles. The molecule has 0 unspecified atom stereocenters. The molecular weight excluding hydrogens is 364 g/mol. The molecule has 26 heavy (non-hydrogen) atoms. The highest BCUT2D eigenvalue weighted by Gasteiger charge is 2.27. The number of benzene rings is 1. The lowest BCUT2D eigenvalue weighted by molar-refractivity contribution is -0.385. The van der Waals surface area contributed by atoms with E-state index in [0.29, 0.717) is 10.8 Å². The average molecular weight is 382 g/mol. The first kappa shape index (κ1) is 19.6. The summed E-state index contributed by atoms with van der Waals surface area (Å²) in [5.41, 5.74) is -0.228. The minimum atomic E-state index is -0.569. The molecule has 1 aromatic rings. The summed E-state index contributed by atoms with van der Waals surface area (Å²) in [6.45, 7) is 2.11. The number of esters is 1. The maximum atomic E-state index is 12.0. The minimum Gasteiger partial charge on any atom is -0.496 e. The van der Waals surface area contributed by atoms with Gasteiger partial charge in [0.2, 0.25) is 5.91 Å². The third-order valence-corrected chi connectivity index (χ3v) is 4.40. The zero-order valence-corrected chi connectivity index (χ0v) is 15.1. The van der Waals surface area contributed by atoms with Crippen LogP contribution in [-0.2, 0) is 14.3 Å². The van der Waals surface area contributed by atoms with Crippen molar-refractivity contribution in [2.24, 2.45) is 0 Å². The predicted octanol–water partition coefficient (Wildman–Crippen LogP) is 1.96. The normalized spacial score (nSPS) is 15.2. The lowest BCUT2D eigenvalue weighted by Gasteiger charge is -2.17. The van der Waals surface area contributed by atoms with Crippen LogP contribution in [-0.4, -0.2) is 54.3 Å². The van der Waals surface area contributed by atoms with E-state index in [9.17, 15) is 19.7 Å². The van der Waals surface area contributed by atoms with Gasteiger partial charge >= 0.3 is 11.7 Å². The molecule has 9 nitrogen and oxygen atoms in total. The number of nitrogens with zero attached hydrogens (tertiary/aromatic N) is 2. The molecule has 140 valence electrons. The molecule has 0 aromatic heterocycles. The van der Waals surface area contributed by atoms with E-state index < -0.39 is 10.9 Å². The van der Waals surface area contributed by atoms with Crippen molar-refractivity contribution in [1.82, 2.24) is 4.90 Å². The molecule has 0 spiro atoms. The molecule has 1 heterocycles. The predicted molar refractivity (Wildman–Crippen MR) is 94.0 cm³/mol. The molecule has 0 N–H and O–H groups in total. The molecule has 1 aliphatic rings. The van der Waals surface area contributed by atoms with Gasteiger partial charge in [-0.1, -0.05) is 11.8 Å². The highest BCUT2D eigenvalue weighted by molar-refractivity contribution is 8.04. The second kappa shape index (κ2) is 9.09. The van der Waals surface area contributed by atoms with Crippen LogP contribution in [0.2, 0.25) is 0 Å². The van der Waals surface area contributed by atoms with Crippen molar-refractivity contribution in [3.8, 4) is 11.5 Å². The Morgan fingerprint density at radius 3 is 2.88 bits per heavy atom. The Labute approximate surface area is 154 Å². The summed E-state index contributed by atoms with van der Waals surface area (Å²) in [4.78, 5) is 35.5. The van der Waals surface area contributed by atoms with Gasteiger partial charge in [0, 0.05) is 0 Å². The third-order valence-electron chi connectivity index (χ3n) is 3.37. The summed E-state index contributed by atoms with van der Waals surface area (Å²) in [5, 5.41) is 11.6. The summed E-state index contributed by atoms with van der Waals surface area (Å²) >= 11 is 1.23. The van der Waals surface area contributed by atoms with E-state index in [4.69, 9.17) is 14.2 Å². The fraction of sp³-hybridized carbons (Fsp3) is 0.375. The lowest BCUT2D eigenvalue weighted by atomic mass is 10.3. The fourth-order valence-corrected chi connectivity index (χ4v) is 3.15. The SMILES string of the molecule is CCOC(=O)/C=C1\SCC(=O)N1CCOc1ccc(OC)cc1[N+](=O)[O-]. The number of ether oxygens (including phenoxy) is 3. The van der Waals surface area contributed by atoms with E-state index in [2.05, 4.69) is 0 Å². The first-order valence-corrected chi connectivity index (χ1v) is 8.71. The Hall–Kier alpha value is -2.75. The Bertz CT molecular complexity index is 735. The van der Waals surface area contributed by atoms with Crippen molar-refractivity contribution in [1.29, 1.82) is 0 Å². The van der Waals surface area contributed by atoms with Crippen molar-refractivity contribution in [2.75, 3.05) is 32.6 Å². The van der Waals surface area contributed by atoms with Crippen LogP contribution in [0.4, 0.5) is 5.69 Å². The zero-order chi connectivity index (χ0) is 19.1. The molecule has 0 bridgehead atoms. The molecule has 0 radical (unpaired) electrons. The second-order valence-electron chi connectivity index (χ2n) is 5.01. The first-order chi connectivity index (χ1) is 12.5. The topological polar surface area (TPSA) is 108 Å². The fourth-order valence-electron chi connectivity index (χ4n) is 2.19. The van der Waals surface area contributed by atoms with Gasteiger partial charge in [-0.05, 0) is 19.1 Å². The van der Waals surface area contributed by atoms with Crippen molar-refractivity contribution >= 4 is 29.3 Å². The number of amides is 1. The molecule has 0 saturated carbocycles. The van der Waals surface area contributed by atoms with Gasteiger partial charge in [-0.3, -0.25) is 14.9 Å². The Morgan fingerprint density at radius 1 is 1.46 bits per heavy atom. The van der Waals surface area contributed by atoms with Crippen LogP contribution in [0.5, 0.6) is 11.5 Å². The lowest BCUT2D eigenvalue weighted by Crippen LogP contribution is -2.29. The maximum Gasteiger partial charge on any atom is 0.333 e. The van der Waals surface area contributed by atoms with Crippen LogP contribution in [0, 0.1) is 10.1 Å². The highest BCUT2D eigenvalue weighted by Crippen LogP contribution is 2.32. The van der Waals surface area contributed by atoms with Crippen LogP contribution in [0.15, 0.2) is 29.3 Å². The molecule has 1 saturated heterocycles. The monoisotopic (exact) mass is 382 g/mol. The molecule has 1 amide bonds. The average Bonchev–Trinajstić information content (AvgIpc) is 2.95. The van der Waals surface area contributed by atoms with Gasteiger partial charge in [-0.15, -0.1) is 0 Å². The largest absolute Gasteiger partial charge is 0.496 e. The number of thioether (sulfide) groups is 1. The maximum absolute atomic E-state index is 12.0. The summed E-state index contributed by atoms with van der Waals surface area (Å²) in [6.07, 6.45) is 1.26. The van der Waals surface area contributed by atoms with Crippen LogP contribution in [0.3, 0.4) is 0 Å². The molecule has 1 aliphatic heterocycles. The Kier molecular flexibility index (Phi) is 6.84. The van der Waals surface area contributed by atoms with E-state index in [1.165, 1.54) is 42.0 Å². The molecule has 0 aliphatic carbocycles. The van der Waals surface area contributed by atoms with Gasteiger partial charge in [0.05, 0.1) is 48.1 Å². The second-order valence-corrected chi connectivity index (χ2v) is 6.00. The standard InChI is InChI=1S/C16H18N2O7S/c1-3-24-16(20)9-15-17(14(19)10-26-15)6-7-25-13-5-4-11(23-2)8-12(13)18(21)22/h4-5,8-9H,3,6-7,10H2,1-2H3/b15-9-. The summed E-state index contributed by atoms with van der Waals surface area (Å²) < 4.78 is 15.3. The molecule has 10 heteroatoms. The number of nitro benzene ring substituents is 1. The van der Waals surface area contributed by atoms with E-state index >= 15 is 0 Å². The van der Waals surface area contributed by atoms with Crippen LogP contribution >= 0.6 is 11.8 Å². The summed E-state index contributed by atoms with van der Waals surface area (Å²) in [5.74, 6) is -0.0610. The van der Waals surface area contributed by atoms with Gasteiger partial charge in [0.1, 0.15) is 12.4 Å². The number of rotatable bonds is 8. The van der Waals surface area contributed by atoms with E-state index in [1.807, 2.05) is 0 Å². The molecular formula is C16H18N2O7S. The van der Waals surface area contributed by atoms with Crippen LogP contribution in [0.1, 0.15) is 6.92 Å². The number of methoxy groups -OCH3 is 1. The zero-order valence-electron chi connectivity index (χ0n) is 14.3. The van der Waals surface area contributed by atoms with Gasteiger partial charge in [0.25, 0.3) is 0 Å². The molecule has 1 fully saturated rings. The number of carbonyl (C=O) groups is 2. The minimum absolute atomic E-state index is 0.0274. The Morgan fingerprint density at radius 2 is 2.23 bits per heavy atom. The quantitative estimate of drug-likeness (QED) is 0.291. The smallest absolute Gasteiger partial charge is 0.333 e. The van der Waals surface area contributed by atoms with Crippen molar-refractivity contribution in [3.63, 3.8) is 0 Å².